The number of methoxy groups -OCH3 is 3. The molecule has 3 N–H and O–H groups in total. The SMILES string of the molecule is COc1cccc(CNC(=O)c2nc(C(OC)c3ccccc3)nc(O)c2O)c1OC. The molecule has 0 radical (unpaired) electrons. The maximum absolute atomic E-state index is 12.8. The van der Waals surface area contributed by atoms with Crippen LogP contribution in [0.15, 0.2) is 48.5 Å². The molecule has 2 aromatic carbocycles. The van der Waals surface area contributed by atoms with Crippen LogP contribution in [0.3, 0.4) is 0 Å². The van der Waals surface area contributed by atoms with Crippen LogP contribution in [0.25, 0.3) is 0 Å². The number of aromatic hydroxyl groups is 2. The predicted molar refractivity (Wildman–Crippen MR) is 111 cm³/mol. The first-order valence-corrected chi connectivity index (χ1v) is 9.35. The number of amides is 1. The van der Waals surface area contributed by atoms with Crippen molar-refractivity contribution in [1.29, 1.82) is 0 Å². The Morgan fingerprint density at radius 3 is 2.39 bits per heavy atom. The van der Waals surface area contributed by atoms with Gasteiger partial charge in [-0.2, -0.15) is 4.98 Å². The van der Waals surface area contributed by atoms with Crippen molar-refractivity contribution in [3.05, 3.63) is 71.2 Å². The first-order chi connectivity index (χ1) is 15.0. The van der Waals surface area contributed by atoms with Crippen molar-refractivity contribution in [2.75, 3.05) is 21.3 Å². The molecular weight excluding hydrogens is 402 g/mol. The standard InChI is InChI=1S/C22H23N3O6/c1-29-15-11-7-10-14(18(15)30-2)12-23-21(27)16-17(26)22(28)25-20(24-16)19(31-3)13-8-5-4-6-9-13/h4-11,19,26H,12H2,1-3H3,(H,23,27)(H,24,25,28). The highest BCUT2D eigenvalue weighted by molar-refractivity contribution is 5.95. The average Bonchev–Trinajstić information content (AvgIpc) is 2.80. The summed E-state index contributed by atoms with van der Waals surface area (Å²) < 4.78 is 16.1. The summed E-state index contributed by atoms with van der Waals surface area (Å²) in [5.74, 6) is -1.11. The third-order valence-corrected chi connectivity index (χ3v) is 4.59. The number of para-hydroxylation sites is 1. The lowest BCUT2D eigenvalue weighted by atomic mass is 10.1. The smallest absolute Gasteiger partial charge is 0.274 e. The molecule has 1 aromatic heterocycles. The molecule has 0 saturated carbocycles. The second-order valence-electron chi connectivity index (χ2n) is 6.46. The lowest BCUT2D eigenvalue weighted by Gasteiger charge is -2.16. The maximum Gasteiger partial charge on any atom is 0.274 e. The average molecular weight is 425 g/mol. The zero-order valence-corrected chi connectivity index (χ0v) is 17.3. The maximum atomic E-state index is 12.8. The molecule has 0 saturated heterocycles. The summed E-state index contributed by atoms with van der Waals surface area (Å²) in [5, 5.41) is 22.9. The van der Waals surface area contributed by atoms with Crippen LogP contribution in [0.5, 0.6) is 23.1 Å². The quantitative estimate of drug-likeness (QED) is 0.503. The van der Waals surface area contributed by atoms with E-state index < -0.39 is 23.6 Å². The number of carbonyl (C=O) groups excluding carboxylic acids is 1. The lowest BCUT2D eigenvalue weighted by Crippen LogP contribution is -2.25. The minimum atomic E-state index is -0.738. The van der Waals surface area contributed by atoms with E-state index in [1.807, 2.05) is 18.2 Å². The highest BCUT2D eigenvalue weighted by atomic mass is 16.5. The van der Waals surface area contributed by atoms with Crippen molar-refractivity contribution in [3.63, 3.8) is 0 Å². The van der Waals surface area contributed by atoms with Crippen LogP contribution in [0, 0.1) is 0 Å². The number of ether oxygens (including phenoxy) is 3. The molecule has 0 aliphatic carbocycles. The van der Waals surface area contributed by atoms with E-state index >= 15 is 0 Å². The van der Waals surface area contributed by atoms with Crippen LogP contribution in [0.1, 0.15) is 33.5 Å². The van der Waals surface area contributed by atoms with Crippen LogP contribution in [0.2, 0.25) is 0 Å². The predicted octanol–water partition coefficient (Wildman–Crippen LogP) is 2.57. The molecule has 1 heterocycles. The second kappa shape index (κ2) is 9.77. The minimum absolute atomic E-state index is 0.0353. The Morgan fingerprint density at radius 2 is 1.74 bits per heavy atom. The number of hydrogen-bond donors (Lipinski definition) is 3. The first kappa shape index (κ1) is 21.8. The third kappa shape index (κ3) is 4.67. The molecule has 0 aliphatic rings. The monoisotopic (exact) mass is 425 g/mol. The van der Waals surface area contributed by atoms with Crippen LogP contribution < -0.4 is 14.8 Å². The van der Waals surface area contributed by atoms with Gasteiger partial charge in [0, 0.05) is 19.2 Å². The second-order valence-corrected chi connectivity index (χ2v) is 6.46. The van der Waals surface area contributed by atoms with Crippen molar-refractivity contribution in [3.8, 4) is 23.1 Å². The van der Waals surface area contributed by atoms with Gasteiger partial charge >= 0.3 is 0 Å². The van der Waals surface area contributed by atoms with Gasteiger partial charge in [0.15, 0.2) is 23.0 Å². The fourth-order valence-corrected chi connectivity index (χ4v) is 3.11. The first-order valence-electron chi connectivity index (χ1n) is 9.35. The van der Waals surface area contributed by atoms with Gasteiger partial charge in [0.2, 0.25) is 5.75 Å². The van der Waals surface area contributed by atoms with Gasteiger partial charge in [-0.05, 0) is 11.6 Å². The largest absolute Gasteiger partial charge is 0.501 e. The summed E-state index contributed by atoms with van der Waals surface area (Å²) in [4.78, 5) is 20.8. The Morgan fingerprint density at radius 1 is 1.00 bits per heavy atom. The van der Waals surface area contributed by atoms with E-state index in [-0.39, 0.29) is 18.1 Å². The molecule has 9 heteroatoms. The van der Waals surface area contributed by atoms with Crippen molar-refractivity contribution in [1.82, 2.24) is 15.3 Å². The Hall–Kier alpha value is -3.85. The van der Waals surface area contributed by atoms with E-state index in [1.165, 1.54) is 21.3 Å². The van der Waals surface area contributed by atoms with Gasteiger partial charge in [-0.15, -0.1) is 0 Å². The molecule has 3 rings (SSSR count). The molecule has 1 unspecified atom stereocenters. The van der Waals surface area contributed by atoms with Crippen molar-refractivity contribution in [2.45, 2.75) is 12.6 Å². The number of nitrogens with one attached hydrogen (secondary N) is 1. The normalized spacial score (nSPS) is 11.6. The molecule has 162 valence electrons. The molecule has 1 atom stereocenters. The van der Waals surface area contributed by atoms with E-state index in [2.05, 4.69) is 15.3 Å². The zero-order chi connectivity index (χ0) is 22.4. The van der Waals surface area contributed by atoms with Gasteiger partial charge < -0.3 is 29.7 Å². The van der Waals surface area contributed by atoms with Gasteiger partial charge in [-0.1, -0.05) is 42.5 Å². The summed E-state index contributed by atoms with van der Waals surface area (Å²) in [6.07, 6.45) is -0.738. The van der Waals surface area contributed by atoms with Gasteiger partial charge in [0.05, 0.1) is 14.2 Å². The number of carbonyl (C=O) groups is 1. The topological polar surface area (TPSA) is 123 Å². The molecule has 3 aromatic rings. The molecule has 9 nitrogen and oxygen atoms in total. The fourth-order valence-electron chi connectivity index (χ4n) is 3.11. The Balaban J connectivity index is 1.88. The number of hydrogen-bond acceptors (Lipinski definition) is 8. The van der Waals surface area contributed by atoms with Crippen molar-refractivity contribution >= 4 is 5.91 Å². The fraction of sp³-hybridized carbons (Fsp3) is 0.227. The third-order valence-electron chi connectivity index (χ3n) is 4.59. The van der Waals surface area contributed by atoms with E-state index in [0.29, 0.717) is 17.1 Å². The van der Waals surface area contributed by atoms with E-state index in [0.717, 1.165) is 5.56 Å². The minimum Gasteiger partial charge on any atom is -0.501 e. The number of rotatable bonds is 8. The number of benzene rings is 2. The van der Waals surface area contributed by atoms with Crippen molar-refractivity contribution < 1.29 is 29.2 Å². The summed E-state index contributed by atoms with van der Waals surface area (Å²) in [7, 11) is 4.47. The molecule has 0 spiro atoms. The highest BCUT2D eigenvalue weighted by Crippen LogP contribution is 2.32. The summed E-state index contributed by atoms with van der Waals surface area (Å²) >= 11 is 0. The van der Waals surface area contributed by atoms with Crippen molar-refractivity contribution in [2.24, 2.45) is 0 Å². The Kier molecular flexibility index (Phi) is 6.88. The van der Waals surface area contributed by atoms with Crippen LogP contribution in [-0.2, 0) is 11.3 Å². The van der Waals surface area contributed by atoms with Gasteiger partial charge in [0.1, 0.15) is 6.10 Å². The molecule has 0 fully saturated rings. The lowest BCUT2D eigenvalue weighted by molar-refractivity contribution is 0.0937. The molecular formula is C22H23N3O6. The highest BCUT2D eigenvalue weighted by Gasteiger charge is 2.25. The Labute approximate surface area is 179 Å². The number of aromatic nitrogens is 2. The number of nitrogens with zero attached hydrogens (tertiary/aromatic N) is 2. The van der Waals surface area contributed by atoms with E-state index in [1.54, 1.807) is 30.3 Å². The molecule has 0 aliphatic heterocycles. The van der Waals surface area contributed by atoms with Gasteiger partial charge in [-0.3, -0.25) is 4.79 Å². The molecule has 0 bridgehead atoms. The zero-order valence-electron chi connectivity index (χ0n) is 17.3. The van der Waals surface area contributed by atoms with Gasteiger partial charge in [-0.25, -0.2) is 4.98 Å². The van der Waals surface area contributed by atoms with Crippen LogP contribution >= 0.6 is 0 Å². The molecule has 1 amide bonds. The summed E-state index contributed by atoms with van der Waals surface area (Å²) in [6, 6.07) is 14.3. The van der Waals surface area contributed by atoms with E-state index in [9.17, 15) is 15.0 Å². The van der Waals surface area contributed by atoms with Crippen LogP contribution in [-0.4, -0.2) is 47.4 Å². The Bertz CT molecular complexity index is 1060. The van der Waals surface area contributed by atoms with E-state index in [4.69, 9.17) is 14.2 Å². The summed E-state index contributed by atoms with van der Waals surface area (Å²) in [5.41, 5.74) is 1.01. The molecule has 31 heavy (non-hydrogen) atoms. The summed E-state index contributed by atoms with van der Waals surface area (Å²) in [6.45, 7) is 0.0745. The van der Waals surface area contributed by atoms with Crippen LogP contribution in [0.4, 0.5) is 0 Å². The van der Waals surface area contributed by atoms with Gasteiger partial charge in [0.25, 0.3) is 11.8 Å².